The number of hydrogen-bond donors (Lipinski definition) is 0. The molecule has 0 saturated carbocycles. The number of fused-ring (bicyclic) bond motifs is 3. The second-order valence-corrected chi connectivity index (χ2v) is 7.37. The topological polar surface area (TPSA) is 66.4 Å². The molecule has 0 aliphatic heterocycles. The predicted molar refractivity (Wildman–Crippen MR) is 120 cm³/mol. The molecule has 0 unspecified atom stereocenters. The molecule has 0 amide bonds. The number of methoxy groups -OCH3 is 1. The Morgan fingerprint density at radius 3 is 2.16 bits per heavy atom. The van der Waals surface area contributed by atoms with E-state index < -0.39 is 5.56 Å². The number of hydrogen-bond acceptors (Lipinski definition) is 4. The van der Waals surface area contributed by atoms with Gasteiger partial charge in [-0.15, -0.1) is 0 Å². The predicted octanol–water partition coefficient (Wildman–Crippen LogP) is 4.01. The molecule has 0 spiro atoms. The molecule has 154 valence electrons. The molecular formula is C25H20N2O4. The van der Waals surface area contributed by atoms with E-state index in [9.17, 15) is 9.59 Å². The Bertz CT molecular complexity index is 1490. The maximum Gasteiger partial charge on any atom is 0.332 e. The van der Waals surface area contributed by atoms with E-state index in [1.807, 2.05) is 72.8 Å². The third-order valence-corrected chi connectivity index (χ3v) is 5.42. The summed E-state index contributed by atoms with van der Waals surface area (Å²) in [5, 5.41) is 0.743. The van der Waals surface area contributed by atoms with E-state index in [4.69, 9.17) is 9.15 Å². The van der Waals surface area contributed by atoms with E-state index in [0.29, 0.717) is 17.6 Å². The van der Waals surface area contributed by atoms with Gasteiger partial charge in [-0.05, 0) is 35.4 Å². The lowest BCUT2D eigenvalue weighted by molar-refractivity contribution is 0.414. The van der Waals surface area contributed by atoms with Gasteiger partial charge in [-0.2, -0.15) is 0 Å². The summed E-state index contributed by atoms with van der Waals surface area (Å²) < 4.78 is 14.0. The molecule has 5 aromatic rings. The van der Waals surface area contributed by atoms with Crippen molar-refractivity contribution >= 4 is 22.1 Å². The minimum atomic E-state index is -0.425. The Balaban J connectivity index is 1.76. The highest BCUT2D eigenvalue weighted by molar-refractivity contribution is 6.02. The van der Waals surface area contributed by atoms with Crippen LogP contribution in [0.2, 0.25) is 0 Å². The van der Waals surface area contributed by atoms with Gasteiger partial charge in [-0.1, -0.05) is 54.6 Å². The number of ether oxygens (including phenoxy) is 1. The van der Waals surface area contributed by atoms with Crippen molar-refractivity contribution in [3.05, 3.63) is 111 Å². The van der Waals surface area contributed by atoms with E-state index in [1.165, 1.54) is 4.57 Å². The average Bonchev–Trinajstić information content (AvgIpc) is 3.20. The minimum absolute atomic E-state index is 0.175. The van der Waals surface area contributed by atoms with Crippen molar-refractivity contribution < 1.29 is 9.15 Å². The minimum Gasteiger partial charge on any atom is -0.497 e. The maximum atomic E-state index is 13.5. The fourth-order valence-electron chi connectivity index (χ4n) is 3.86. The highest BCUT2D eigenvalue weighted by Gasteiger charge is 2.20. The van der Waals surface area contributed by atoms with Crippen LogP contribution in [-0.2, 0) is 13.1 Å². The first-order valence-electron chi connectivity index (χ1n) is 9.97. The Kier molecular flexibility index (Phi) is 4.67. The van der Waals surface area contributed by atoms with Crippen LogP contribution in [0.15, 0.2) is 92.9 Å². The quantitative estimate of drug-likeness (QED) is 0.437. The van der Waals surface area contributed by atoms with Gasteiger partial charge in [0.1, 0.15) is 16.8 Å². The Morgan fingerprint density at radius 2 is 1.42 bits per heavy atom. The Labute approximate surface area is 177 Å². The first-order valence-corrected chi connectivity index (χ1v) is 9.97. The molecule has 0 N–H and O–H groups in total. The fraction of sp³-hybridized carbons (Fsp3) is 0.120. The highest BCUT2D eigenvalue weighted by atomic mass is 16.5. The van der Waals surface area contributed by atoms with Gasteiger partial charge in [0.25, 0.3) is 5.56 Å². The summed E-state index contributed by atoms with van der Waals surface area (Å²) in [7, 11) is 1.61. The maximum absolute atomic E-state index is 13.5. The summed E-state index contributed by atoms with van der Waals surface area (Å²) in [6, 6.07) is 24.4. The van der Waals surface area contributed by atoms with Crippen LogP contribution in [0.25, 0.3) is 22.1 Å². The van der Waals surface area contributed by atoms with Crippen molar-refractivity contribution in [3.8, 4) is 5.75 Å². The van der Waals surface area contributed by atoms with Gasteiger partial charge in [0, 0.05) is 5.39 Å². The molecule has 3 aromatic carbocycles. The number of nitrogens with zero attached hydrogens (tertiary/aromatic N) is 2. The molecule has 6 nitrogen and oxygen atoms in total. The number of rotatable bonds is 5. The summed E-state index contributed by atoms with van der Waals surface area (Å²) in [5.41, 5.74) is 2.27. The third kappa shape index (κ3) is 3.32. The van der Waals surface area contributed by atoms with Gasteiger partial charge in [0.05, 0.1) is 20.2 Å². The number of aromatic nitrogens is 2. The summed E-state index contributed by atoms with van der Waals surface area (Å²) in [6.45, 7) is 0.478. The fourth-order valence-corrected chi connectivity index (χ4v) is 3.86. The number of benzene rings is 3. The van der Waals surface area contributed by atoms with Crippen LogP contribution in [-0.4, -0.2) is 16.2 Å². The molecule has 0 saturated heterocycles. The zero-order valence-corrected chi connectivity index (χ0v) is 16.9. The first-order chi connectivity index (χ1) is 15.2. The molecule has 0 radical (unpaired) electrons. The van der Waals surface area contributed by atoms with E-state index in [-0.39, 0.29) is 17.8 Å². The molecule has 6 heteroatoms. The zero-order chi connectivity index (χ0) is 21.4. The standard InChI is InChI=1S/C25H20N2O4/c1-30-19-13-11-18(12-14-19)15-26-22-20-9-5-6-10-21(20)31-23(22)24(28)27(25(26)29)16-17-7-3-2-4-8-17/h2-14H,15-16H2,1H3. The second kappa shape index (κ2) is 7.65. The molecule has 0 aliphatic carbocycles. The number of para-hydroxylation sites is 1. The Hall–Kier alpha value is -4.06. The SMILES string of the molecule is COc1ccc(Cn2c(=O)n(Cc3ccccc3)c(=O)c3oc4ccccc4c32)cc1. The normalized spacial score (nSPS) is 11.3. The van der Waals surface area contributed by atoms with Crippen molar-refractivity contribution in [2.75, 3.05) is 7.11 Å². The van der Waals surface area contributed by atoms with Crippen LogP contribution in [0, 0.1) is 0 Å². The monoisotopic (exact) mass is 412 g/mol. The van der Waals surface area contributed by atoms with E-state index >= 15 is 0 Å². The van der Waals surface area contributed by atoms with Crippen molar-refractivity contribution in [2.24, 2.45) is 0 Å². The lowest BCUT2D eigenvalue weighted by atomic mass is 10.2. The first kappa shape index (κ1) is 18.9. The molecule has 0 fully saturated rings. The summed E-state index contributed by atoms with van der Waals surface area (Å²) >= 11 is 0. The van der Waals surface area contributed by atoms with E-state index in [0.717, 1.165) is 22.3 Å². The van der Waals surface area contributed by atoms with Gasteiger partial charge in [-0.3, -0.25) is 13.9 Å². The number of furan rings is 1. The third-order valence-electron chi connectivity index (χ3n) is 5.42. The summed E-state index contributed by atoms with van der Waals surface area (Å²) in [4.78, 5) is 26.8. The Morgan fingerprint density at radius 1 is 0.774 bits per heavy atom. The van der Waals surface area contributed by atoms with Crippen LogP contribution < -0.4 is 16.0 Å². The molecule has 0 atom stereocenters. The van der Waals surface area contributed by atoms with E-state index in [2.05, 4.69) is 0 Å². The van der Waals surface area contributed by atoms with Gasteiger partial charge >= 0.3 is 5.69 Å². The van der Waals surface area contributed by atoms with Crippen LogP contribution >= 0.6 is 0 Å². The molecule has 31 heavy (non-hydrogen) atoms. The summed E-state index contributed by atoms with van der Waals surface area (Å²) in [5.74, 6) is 0.740. The van der Waals surface area contributed by atoms with Crippen LogP contribution in [0.4, 0.5) is 0 Å². The molecule has 2 heterocycles. The zero-order valence-electron chi connectivity index (χ0n) is 16.9. The van der Waals surface area contributed by atoms with Crippen molar-refractivity contribution in [1.29, 1.82) is 0 Å². The average molecular weight is 412 g/mol. The van der Waals surface area contributed by atoms with Gasteiger partial charge in [-0.25, -0.2) is 4.79 Å². The van der Waals surface area contributed by atoms with Crippen molar-refractivity contribution in [3.63, 3.8) is 0 Å². The van der Waals surface area contributed by atoms with Crippen molar-refractivity contribution in [1.82, 2.24) is 9.13 Å². The lowest BCUT2D eigenvalue weighted by Crippen LogP contribution is -2.40. The van der Waals surface area contributed by atoms with Gasteiger partial charge < -0.3 is 9.15 Å². The summed E-state index contributed by atoms with van der Waals surface area (Å²) in [6.07, 6.45) is 0. The largest absolute Gasteiger partial charge is 0.497 e. The van der Waals surface area contributed by atoms with Crippen LogP contribution in [0.5, 0.6) is 5.75 Å². The lowest BCUT2D eigenvalue weighted by Gasteiger charge is -2.12. The van der Waals surface area contributed by atoms with E-state index in [1.54, 1.807) is 17.7 Å². The molecule has 0 aliphatic rings. The molecule has 0 bridgehead atoms. The highest BCUT2D eigenvalue weighted by Crippen LogP contribution is 2.26. The van der Waals surface area contributed by atoms with Crippen LogP contribution in [0.1, 0.15) is 11.1 Å². The smallest absolute Gasteiger partial charge is 0.332 e. The van der Waals surface area contributed by atoms with Gasteiger partial charge in [0.2, 0.25) is 5.58 Å². The second-order valence-electron chi connectivity index (χ2n) is 7.37. The van der Waals surface area contributed by atoms with Crippen LogP contribution in [0.3, 0.4) is 0 Å². The molecular weight excluding hydrogens is 392 g/mol. The van der Waals surface area contributed by atoms with Crippen molar-refractivity contribution in [2.45, 2.75) is 13.1 Å². The van der Waals surface area contributed by atoms with Gasteiger partial charge in [0.15, 0.2) is 0 Å². The molecule has 5 rings (SSSR count). The molecule has 2 aromatic heterocycles.